The van der Waals surface area contributed by atoms with Gasteiger partial charge in [0.2, 0.25) is 0 Å². The van der Waals surface area contributed by atoms with E-state index in [4.69, 9.17) is 24.0 Å². The lowest BCUT2D eigenvalue weighted by Gasteiger charge is -2.33. The number of hydrogen-bond acceptors (Lipinski definition) is 6. The largest absolute Gasteiger partial charge is 0.494 e. The van der Waals surface area contributed by atoms with Gasteiger partial charge in [-0.15, -0.1) is 0 Å². The number of nitrogens with two attached hydrogens (primary N) is 1. The number of hydrogen-bond donors (Lipinski definition) is 1. The van der Waals surface area contributed by atoms with Gasteiger partial charge < -0.3 is 10.5 Å². The van der Waals surface area contributed by atoms with Crippen molar-refractivity contribution in [1.29, 1.82) is 0 Å². The minimum atomic E-state index is -3.80. The summed E-state index contributed by atoms with van der Waals surface area (Å²) in [5.41, 5.74) is 5.64. The summed E-state index contributed by atoms with van der Waals surface area (Å²) in [6.45, 7) is 15.8. The maximum atomic E-state index is 13.3. The molecule has 35 heavy (non-hydrogen) atoms. The van der Waals surface area contributed by atoms with E-state index in [1.165, 1.54) is 23.8 Å². The van der Waals surface area contributed by atoms with E-state index in [1.807, 2.05) is 54.5 Å². The highest BCUT2D eigenvalue weighted by Crippen LogP contribution is 2.55. The molecule has 198 valence electrons. The van der Waals surface area contributed by atoms with Gasteiger partial charge in [-0.1, -0.05) is 44.0 Å². The lowest BCUT2D eigenvalue weighted by Crippen LogP contribution is -2.42. The van der Waals surface area contributed by atoms with Crippen molar-refractivity contribution >= 4 is 18.6 Å². The number of rotatable bonds is 13. The number of ether oxygens (including phenoxy) is 1. The molecule has 0 aliphatic heterocycles. The van der Waals surface area contributed by atoms with Gasteiger partial charge in [0.15, 0.2) is 0 Å². The summed E-state index contributed by atoms with van der Waals surface area (Å²) in [7, 11) is -3.80. The van der Waals surface area contributed by atoms with E-state index in [0.29, 0.717) is 6.42 Å². The van der Waals surface area contributed by atoms with Crippen molar-refractivity contribution < 1.29 is 22.9 Å². The SMILES string of the molecule is CCCCCOc1ccc2cc(CC[C@@](C)(N)COP(=O)(OC(C)(C)C)OC(C)(C)C)ccc2c1. The van der Waals surface area contributed by atoms with Gasteiger partial charge in [0.25, 0.3) is 0 Å². The zero-order chi connectivity index (χ0) is 26.3. The molecule has 0 aliphatic carbocycles. The quantitative estimate of drug-likeness (QED) is 0.220. The third-order valence-electron chi connectivity index (χ3n) is 5.20. The molecule has 2 aromatic rings. The van der Waals surface area contributed by atoms with Gasteiger partial charge in [-0.3, -0.25) is 13.6 Å². The molecular weight excluding hydrogens is 461 g/mol. The minimum Gasteiger partial charge on any atom is -0.494 e. The molecule has 0 saturated carbocycles. The molecule has 7 heteroatoms. The highest BCUT2D eigenvalue weighted by atomic mass is 31.2. The van der Waals surface area contributed by atoms with E-state index in [1.54, 1.807) is 0 Å². The van der Waals surface area contributed by atoms with Crippen LogP contribution in [0.3, 0.4) is 0 Å². The molecule has 2 rings (SSSR count). The number of unbranched alkanes of at least 4 members (excludes halogenated alkanes) is 2. The predicted octanol–water partition coefficient (Wildman–Crippen LogP) is 7.81. The van der Waals surface area contributed by atoms with Gasteiger partial charge in [0.1, 0.15) is 5.75 Å². The molecule has 0 aliphatic rings. The van der Waals surface area contributed by atoms with Gasteiger partial charge in [-0.25, -0.2) is 4.57 Å². The third kappa shape index (κ3) is 11.4. The van der Waals surface area contributed by atoms with Gasteiger partial charge in [-0.2, -0.15) is 0 Å². The normalized spacial score (nSPS) is 14.8. The van der Waals surface area contributed by atoms with Crippen LogP contribution < -0.4 is 10.5 Å². The number of fused-ring (bicyclic) bond motifs is 1. The average Bonchev–Trinajstić information content (AvgIpc) is 2.71. The zero-order valence-corrected chi connectivity index (χ0v) is 23.9. The highest BCUT2D eigenvalue weighted by molar-refractivity contribution is 7.48. The first-order valence-electron chi connectivity index (χ1n) is 12.7. The van der Waals surface area contributed by atoms with Crippen LogP contribution in [0.5, 0.6) is 5.75 Å². The summed E-state index contributed by atoms with van der Waals surface area (Å²) in [6.07, 6.45) is 4.88. The van der Waals surface area contributed by atoms with Crippen molar-refractivity contribution in [3.05, 3.63) is 42.0 Å². The standard InChI is InChI=1S/C28H46NO5P/c1-9-10-11-18-31-25-15-14-23-19-22(12-13-24(23)20-25)16-17-28(8,29)21-32-35(30,33-26(2,3)4)34-27(5,6)7/h12-15,19-20H,9-11,16-18,21,29H2,1-8H3/t28-/m1/s1. The smallest absolute Gasteiger partial charge is 0.475 e. The van der Waals surface area contributed by atoms with Crippen molar-refractivity contribution in [2.75, 3.05) is 13.2 Å². The van der Waals surface area contributed by atoms with Crippen LogP contribution in [-0.4, -0.2) is 30.0 Å². The predicted molar refractivity (Wildman–Crippen MR) is 145 cm³/mol. The summed E-state index contributed by atoms with van der Waals surface area (Å²) >= 11 is 0. The van der Waals surface area contributed by atoms with E-state index in [9.17, 15) is 4.57 Å². The van der Waals surface area contributed by atoms with Crippen molar-refractivity contribution in [2.24, 2.45) is 5.73 Å². The Morgan fingerprint density at radius 3 is 2.06 bits per heavy atom. The maximum absolute atomic E-state index is 13.3. The van der Waals surface area contributed by atoms with Gasteiger partial charge in [0, 0.05) is 5.54 Å². The molecule has 0 heterocycles. The second-order valence-corrected chi connectivity index (χ2v) is 13.2. The van der Waals surface area contributed by atoms with Crippen LogP contribution in [0.1, 0.15) is 86.6 Å². The molecule has 2 aromatic carbocycles. The number of aryl methyl sites for hydroxylation is 1. The summed E-state index contributed by atoms with van der Waals surface area (Å²) in [6, 6.07) is 12.6. The van der Waals surface area contributed by atoms with E-state index in [-0.39, 0.29) is 6.61 Å². The first kappa shape index (κ1) is 29.8. The molecule has 0 spiro atoms. The fourth-order valence-corrected chi connectivity index (χ4v) is 5.47. The zero-order valence-electron chi connectivity index (χ0n) is 23.0. The Hall–Kier alpha value is -1.43. The second kappa shape index (κ2) is 12.2. The van der Waals surface area contributed by atoms with Crippen LogP contribution >= 0.6 is 7.82 Å². The van der Waals surface area contributed by atoms with Crippen LogP contribution in [0.25, 0.3) is 10.8 Å². The number of phosphoric ester groups is 1. The second-order valence-electron chi connectivity index (χ2n) is 11.7. The molecule has 0 aromatic heterocycles. The number of benzene rings is 2. The lowest BCUT2D eigenvalue weighted by atomic mass is 9.94. The molecule has 0 saturated heterocycles. The average molecular weight is 508 g/mol. The van der Waals surface area contributed by atoms with Crippen LogP contribution in [0.4, 0.5) is 0 Å². The molecule has 0 radical (unpaired) electrons. The number of phosphoric acid groups is 1. The summed E-state index contributed by atoms with van der Waals surface area (Å²) < 4.78 is 36.3. The monoisotopic (exact) mass is 507 g/mol. The van der Waals surface area contributed by atoms with Gasteiger partial charge in [0.05, 0.1) is 24.4 Å². The Morgan fingerprint density at radius 1 is 0.857 bits per heavy atom. The molecule has 2 N–H and O–H groups in total. The molecule has 0 bridgehead atoms. The minimum absolute atomic E-state index is 0.0583. The van der Waals surface area contributed by atoms with Crippen LogP contribution in [-0.2, 0) is 24.6 Å². The van der Waals surface area contributed by atoms with Crippen molar-refractivity contribution in [3.8, 4) is 5.75 Å². The Bertz CT molecular complexity index is 971. The molecule has 0 unspecified atom stereocenters. The maximum Gasteiger partial charge on any atom is 0.475 e. The highest BCUT2D eigenvalue weighted by Gasteiger charge is 2.38. The van der Waals surface area contributed by atoms with Gasteiger partial charge >= 0.3 is 7.82 Å². The van der Waals surface area contributed by atoms with Crippen LogP contribution in [0.15, 0.2) is 36.4 Å². The van der Waals surface area contributed by atoms with Crippen LogP contribution in [0, 0.1) is 0 Å². The topological polar surface area (TPSA) is 80.0 Å². The Balaban J connectivity index is 1.99. The Labute approximate surface area is 212 Å². The first-order valence-corrected chi connectivity index (χ1v) is 14.2. The van der Waals surface area contributed by atoms with Crippen molar-refractivity contribution in [1.82, 2.24) is 0 Å². The summed E-state index contributed by atoms with van der Waals surface area (Å²) in [5, 5.41) is 2.32. The Kier molecular flexibility index (Phi) is 10.4. The van der Waals surface area contributed by atoms with E-state index < -0.39 is 24.6 Å². The van der Waals surface area contributed by atoms with E-state index in [2.05, 4.69) is 37.3 Å². The van der Waals surface area contributed by atoms with E-state index in [0.717, 1.165) is 30.6 Å². The van der Waals surface area contributed by atoms with Gasteiger partial charge in [-0.05, 0) is 96.2 Å². The molecule has 1 atom stereocenters. The molecule has 0 fully saturated rings. The summed E-state index contributed by atoms with van der Waals surface area (Å²) in [5.74, 6) is 0.910. The van der Waals surface area contributed by atoms with E-state index >= 15 is 0 Å². The summed E-state index contributed by atoms with van der Waals surface area (Å²) in [4.78, 5) is 0. The lowest BCUT2D eigenvalue weighted by molar-refractivity contribution is -0.00258. The third-order valence-corrected chi connectivity index (χ3v) is 7.19. The molecule has 6 nitrogen and oxygen atoms in total. The van der Waals surface area contributed by atoms with Crippen molar-refractivity contribution in [2.45, 2.75) is 104 Å². The van der Waals surface area contributed by atoms with Crippen LogP contribution in [0.2, 0.25) is 0 Å². The fourth-order valence-electron chi connectivity index (χ4n) is 3.53. The molecular formula is C28H46NO5P. The molecule has 0 amide bonds. The first-order chi connectivity index (χ1) is 16.1. The fraction of sp³-hybridized carbons (Fsp3) is 0.643. The Morgan fingerprint density at radius 2 is 1.46 bits per heavy atom. The van der Waals surface area contributed by atoms with Crippen molar-refractivity contribution in [3.63, 3.8) is 0 Å².